The Bertz CT molecular complexity index is 560. The molecule has 2 rings (SSSR count). The summed E-state index contributed by atoms with van der Waals surface area (Å²) in [5.41, 5.74) is 2.13. The monoisotopic (exact) mass is 274 g/mol. The number of nitrogens with one attached hydrogen (secondary N) is 2. The first kappa shape index (κ1) is 14.6. The Hall–Kier alpha value is -1.81. The summed E-state index contributed by atoms with van der Waals surface area (Å²) < 4.78 is 5.43. The van der Waals surface area contributed by atoms with Gasteiger partial charge in [0, 0.05) is 24.9 Å². The topological polar surface area (TPSA) is 54.1 Å². The number of aromatic amines is 1. The van der Waals surface area contributed by atoms with Crippen LogP contribution in [0.3, 0.4) is 0 Å². The predicted octanol–water partition coefficient (Wildman–Crippen LogP) is 2.64. The van der Waals surface area contributed by atoms with Gasteiger partial charge in [0.1, 0.15) is 0 Å². The maximum Gasteiger partial charge on any atom is 0.224 e. The van der Waals surface area contributed by atoms with E-state index in [4.69, 9.17) is 4.74 Å². The van der Waals surface area contributed by atoms with Crippen molar-refractivity contribution in [1.29, 1.82) is 0 Å². The fourth-order valence-electron chi connectivity index (χ4n) is 2.08. The van der Waals surface area contributed by atoms with E-state index in [0.717, 1.165) is 22.9 Å². The molecular formula is C16H22N2O2. The molecule has 0 radical (unpaired) electrons. The number of aromatic nitrogens is 1. The molecule has 2 aromatic rings. The van der Waals surface area contributed by atoms with Gasteiger partial charge in [-0.1, -0.05) is 6.07 Å². The zero-order valence-corrected chi connectivity index (χ0v) is 12.1. The Labute approximate surface area is 119 Å². The van der Waals surface area contributed by atoms with Crippen LogP contribution >= 0.6 is 0 Å². The van der Waals surface area contributed by atoms with Gasteiger partial charge in [-0.15, -0.1) is 0 Å². The Balaban J connectivity index is 1.73. The van der Waals surface area contributed by atoms with Crippen molar-refractivity contribution in [3.8, 4) is 0 Å². The van der Waals surface area contributed by atoms with Gasteiger partial charge in [-0.05, 0) is 49.4 Å². The summed E-state index contributed by atoms with van der Waals surface area (Å²) in [7, 11) is 0. The summed E-state index contributed by atoms with van der Waals surface area (Å²) in [4.78, 5) is 15.0. The predicted molar refractivity (Wildman–Crippen MR) is 80.7 cm³/mol. The molecule has 0 saturated heterocycles. The molecule has 0 fully saturated rings. The minimum atomic E-state index is 0.0597. The van der Waals surface area contributed by atoms with Gasteiger partial charge < -0.3 is 15.0 Å². The van der Waals surface area contributed by atoms with Crippen LogP contribution in [-0.4, -0.2) is 30.1 Å². The molecule has 0 aliphatic carbocycles. The van der Waals surface area contributed by atoms with Gasteiger partial charge in [0.2, 0.25) is 5.91 Å². The molecule has 4 heteroatoms. The molecule has 1 aromatic heterocycles. The second-order valence-corrected chi connectivity index (χ2v) is 5.20. The number of carbonyl (C=O) groups is 1. The Morgan fingerprint density at radius 1 is 1.35 bits per heavy atom. The van der Waals surface area contributed by atoms with Gasteiger partial charge in [-0.3, -0.25) is 4.79 Å². The van der Waals surface area contributed by atoms with Crippen molar-refractivity contribution < 1.29 is 9.53 Å². The summed E-state index contributed by atoms with van der Waals surface area (Å²) >= 11 is 0. The molecule has 0 aliphatic rings. The smallest absolute Gasteiger partial charge is 0.224 e. The van der Waals surface area contributed by atoms with Crippen molar-refractivity contribution in [2.75, 3.05) is 13.2 Å². The Kier molecular flexibility index (Phi) is 5.18. The first-order valence-corrected chi connectivity index (χ1v) is 7.09. The van der Waals surface area contributed by atoms with Crippen molar-refractivity contribution >= 4 is 16.8 Å². The van der Waals surface area contributed by atoms with Gasteiger partial charge in [-0.2, -0.15) is 0 Å². The first-order chi connectivity index (χ1) is 9.65. The SMILES string of the molecule is CC(C)OCCCNC(=O)Cc1ccc2[nH]ccc2c1. The number of ether oxygens (including phenoxy) is 1. The molecule has 0 atom stereocenters. The standard InChI is InChI=1S/C16H22N2O2/c1-12(2)20-9-3-7-18-16(19)11-13-4-5-15-14(10-13)6-8-17-15/h4-6,8,10,12,17H,3,7,9,11H2,1-2H3,(H,18,19). The van der Waals surface area contributed by atoms with Gasteiger partial charge in [0.15, 0.2) is 0 Å². The molecule has 0 spiro atoms. The number of hydrogen-bond donors (Lipinski definition) is 2. The number of rotatable bonds is 7. The van der Waals surface area contributed by atoms with Gasteiger partial charge in [0.05, 0.1) is 12.5 Å². The third kappa shape index (κ3) is 4.38. The molecule has 108 valence electrons. The molecule has 0 aliphatic heterocycles. The second kappa shape index (κ2) is 7.10. The van der Waals surface area contributed by atoms with Crippen LogP contribution in [0.5, 0.6) is 0 Å². The van der Waals surface area contributed by atoms with Gasteiger partial charge in [-0.25, -0.2) is 0 Å². The van der Waals surface area contributed by atoms with Gasteiger partial charge >= 0.3 is 0 Å². The third-order valence-corrected chi connectivity index (χ3v) is 3.08. The number of fused-ring (bicyclic) bond motifs is 1. The largest absolute Gasteiger partial charge is 0.379 e. The van der Waals surface area contributed by atoms with E-state index in [1.54, 1.807) is 0 Å². The fraction of sp³-hybridized carbons (Fsp3) is 0.438. The molecule has 0 saturated carbocycles. The summed E-state index contributed by atoms with van der Waals surface area (Å²) in [6.45, 7) is 5.37. The lowest BCUT2D eigenvalue weighted by Gasteiger charge is -2.08. The second-order valence-electron chi connectivity index (χ2n) is 5.20. The van der Waals surface area contributed by atoms with E-state index in [2.05, 4.69) is 10.3 Å². The number of hydrogen-bond acceptors (Lipinski definition) is 2. The van der Waals surface area contributed by atoms with E-state index in [0.29, 0.717) is 19.6 Å². The summed E-state index contributed by atoms with van der Waals surface area (Å²) in [5.74, 6) is 0.0597. The van der Waals surface area contributed by atoms with Crippen LogP contribution in [0.2, 0.25) is 0 Å². The highest BCUT2D eigenvalue weighted by molar-refractivity contribution is 5.83. The third-order valence-electron chi connectivity index (χ3n) is 3.08. The van der Waals surface area contributed by atoms with Crippen LogP contribution in [0.4, 0.5) is 0 Å². The Morgan fingerprint density at radius 2 is 2.20 bits per heavy atom. The van der Waals surface area contributed by atoms with E-state index < -0.39 is 0 Å². The number of H-pyrrole nitrogens is 1. The number of carbonyl (C=O) groups excluding carboxylic acids is 1. The minimum Gasteiger partial charge on any atom is -0.379 e. The van der Waals surface area contributed by atoms with Crippen LogP contribution in [-0.2, 0) is 16.0 Å². The van der Waals surface area contributed by atoms with Crippen molar-refractivity contribution in [2.45, 2.75) is 32.8 Å². The average Bonchev–Trinajstić information content (AvgIpc) is 2.85. The normalized spacial score (nSPS) is 11.2. The minimum absolute atomic E-state index is 0.0597. The van der Waals surface area contributed by atoms with Crippen molar-refractivity contribution in [3.05, 3.63) is 36.0 Å². The molecule has 20 heavy (non-hydrogen) atoms. The van der Waals surface area contributed by atoms with Crippen molar-refractivity contribution in [1.82, 2.24) is 10.3 Å². The van der Waals surface area contributed by atoms with Crippen LogP contribution in [0.25, 0.3) is 10.9 Å². The van der Waals surface area contributed by atoms with Crippen molar-refractivity contribution in [3.63, 3.8) is 0 Å². The molecular weight excluding hydrogens is 252 g/mol. The van der Waals surface area contributed by atoms with Crippen LogP contribution < -0.4 is 5.32 Å². The number of amides is 1. The van der Waals surface area contributed by atoms with E-state index in [1.165, 1.54) is 0 Å². The summed E-state index contributed by atoms with van der Waals surface area (Å²) in [5, 5.41) is 4.06. The van der Waals surface area contributed by atoms with Crippen molar-refractivity contribution in [2.24, 2.45) is 0 Å². The quantitative estimate of drug-likeness (QED) is 0.763. The molecule has 1 aromatic carbocycles. The van der Waals surface area contributed by atoms with E-state index in [1.807, 2.05) is 44.3 Å². The lowest BCUT2D eigenvalue weighted by molar-refractivity contribution is -0.120. The van der Waals surface area contributed by atoms with Gasteiger partial charge in [0.25, 0.3) is 0 Å². The summed E-state index contributed by atoms with van der Waals surface area (Å²) in [6, 6.07) is 8.06. The molecule has 2 N–H and O–H groups in total. The molecule has 0 unspecified atom stereocenters. The average molecular weight is 274 g/mol. The van der Waals surface area contributed by atoms with Crippen LogP contribution in [0.1, 0.15) is 25.8 Å². The zero-order chi connectivity index (χ0) is 14.4. The number of benzene rings is 1. The molecule has 1 heterocycles. The first-order valence-electron chi connectivity index (χ1n) is 7.09. The highest BCUT2D eigenvalue weighted by atomic mass is 16.5. The maximum absolute atomic E-state index is 11.8. The highest BCUT2D eigenvalue weighted by Gasteiger charge is 2.04. The molecule has 4 nitrogen and oxygen atoms in total. The fourth-order valence-corrected chi connectivity index (χ4v) is 2.08. The highest BCUT2D eigenvalue weighted by Crippen LogP contribution is 2.14. The molecule has 1 amide bonds. The zero-order valence-electron chi connectivity index (χ0n) is 12.1. The maximum atomic E-state index is 11.8. The molecule has 0 bridgehead atoms. The summed E-state index contributed by atoms with van der Waals surface area (Å²) in [6.07, 6.45) is 3.43. The lowest BCUT2D eigenvalue weighted by Crippen LogP contribution is -2.27. The van der Waals surface area contributed by atoms with E-state index in [-0.39, 0.29) is 12.0 Å². The van der Waals surface area contributed by atoms with E-state index in [9.17, 15) is 4.79 Å². The lowest BCUT2D eigenvalue weighted by atomic mass is 10.1. The Morgan fingerprint density at radius 3 is 3.00 bits per heavy atom. The van der Waals surface area contributed by atoms with Crippen LogP contribution in [0, 0.1) is 0 Å². The van der Waals surface area contributed by atoms with E-state index >= 15 is 0 Å². The van der Waals surface area contributed by atoms with Crippen LogP contribution in [0.15, 0.2) is 30.5 Å².